The van der Waals surface area contributed by atoms with Gasteiger partial charge in [0.05, 0.1) is 23.4 Å². The fourth-order valence-corrected chi connectivity index (χ4v) is 3.77. The van der Waals surface area contributed by atoms with Gasteiger partial charge in [-0.25, -0.2) is 9.78 Å². The molecule has 1 aliphatic rings. The monoisotopic (exact) mass is 388 g/mol. The number of amides is 3. The maximum absolute atomic E-state index is 12.2. The van der Waals surface area contributed by atoms with Crippen molar-refractivity contribution >= 4 is 29.0 Å². The van der Waals surface area contributed by atoms with Crippen LogP contribution in [0.25, 0.3) is 0 Å². The van der Waals surface area contributed by atoms with Gasteiger partial charge in [-0.05, 0) is 51.0 Å². The van der Waals surface area contributed by atoms with Gasteiger partial charge in [-0.1, -0.05) is 0 Å². The first-order chi connectivity index (χ1) is 13.0. The molecular formula is C19H24N4O3S. The summed E-state index contributed by atoms with van der Waals surface area (Å²) in [7, 11) is 0. The molecule has 2 aromatic rings. The van der Waals surface area contributed by atoms with Gasteiger partial charge in [0.25, 0.3) is 5.91 Å². The number of rotatable bonds is 6. The highest BCUT2D eigenvalue weighted by atomic mass is 32.1. The number of nitrogens with one attached hydrogen (secondary N) is 3. The van der Waals surface area contributed by atoms with Crippen LogP contribution in [0.3, 0.4) is 0 Å². The van der Waals surface area contributed by atoms with Crippen LogP contribution in [-0.4, -0.2) is 36.2 Å². The maximum Gasteiger partial charge on any atom is 0.319 e. The normalized spacial score (nSPS) is 16.1. The molecule has 0 unspecified atom stereocenters. The molecule has 2 heterocycles. The van der Waals surface area contributed by atoms with Gasteiger partial charge in [-0.15, -0.1) is 11.3 Å². The van der Waals surface area contributed by atoms with Crippen molar-refractivity contribution < 1.29 is 14.3 Å². The quantitative estimate of drug-likeness (QED) is 0.709. The van der Waals surface area contributed by atoms with Crippen molar-refractivity contribution in [3.05, 3.63) is 45.4 Å². The van der Waals surface area contributed by atoms with Crippen LogP contribution >= 0.6 is 11.3 Å². The molecule has 0 spiro atoms. The molecule has 0 aliphatic carbocycles. The first-order valence-electron chi connectivity index (χ1n) is 8.99. The van der Waals surface area contributed by atoms with Crippen molar-refractivity contribution in [3.63, 3.8) is 0 Å². The van der Waals surface area contributed by atoms with E-state index in [1.165, 1.54) is 0 Å². The summed E-state index contributed by atoms with van der Waals surface area (Å²) < 4.78 is 5.49. The highest BCUT2D eigenvalue weighted by molar-refractivity contribution is 7.11. The number of ether oxygens (including phenoxy) is 1. The van der Waals surface area contributed by atoms with Gasteiger partial charge in [0.1, 0.15) is 0 Å². The van der Waals surface area contributed by atoms with Gasteiger partial charge < -0.3 is 20.7 Å². The third-order valence-electron chi connectivity index (χ3n) is 4.33. The molecule has 144 valence electrons. The minimum Gasteiger partial charge on any atom is -0.376 e. The number of carbonyl (C=O) groups excluding carboxylic acids is 2. The van der Waals surface area contributed by atoms with E-state index in [1.54, 1.807) is 35.6 Å². The number of aryl methyl sites for hydroxylation is 2. The summed E-state index contributed by atoms with van der Waals surface area (Å²) in [5.74, 6) is -0.141. The number of carbonyl (C=O) groups is 2. The van der Waals surface area contributed by atoms with Gasteiger partial charge in [0, 0.05) is 29.3 Å². The van der Waals surface area contributed by atoms with Crippen molar-refractivity contribution in [2.75, 3.05) is 18.5 Å². The lowest BCUT2D eigenvalue weighted by Gasteiger charge is -2.11. The maximum atomic E-state index is 12.2. The van der Waals surface area contributed by atoms with Gasteiger partial charge in [-0.2, -0.15) is 0 Å². The van der Waals surface area contributed by atoms with Crippen molar-refractivity contribution in [3.8, 4) is 0 Å². The molecule has 1 atom stereocenters. The smallest absolute Gasteiger partial charge is 0.319 e. The first kappa shape index (κ1) is 19.3. The summed E-state index contributed by atoms with van der Waals surface area (Å²) >= 11 is 1.57. The van der Waals surface area contributed by atoms with Crippen LogP contribution in [0.1, 0.15) is 38.8 Å². The third kappa shape index (κ3) is 5.51. The molecule has 0 saturated carbocycles. The van der Waals surface area contributed by atoms with Gasteiger partial charge >= 0.3 is 6.03 Å². The van der Waals surface area contributed by atoms with Crippen LogP contribution in [-0.2, 0) is 11.3 Å². The van der Waals surface area contributed by atoms with E-state index in [0.29, 0.717) is 24.3 Å². The minimum absolute atomic E-state index is 0.115. The highest BCUT2D eigenvalue weighted by Crippen LogP contribution is 2.17. The van der Waals surface area contributed by atoms with Crippen molar-refractivity contribution in [1.29, 1.82) is 0 Å². The highest BCUT2D eigenvalue weighted by Gasteiger charge is 2.16. The Labute approximate surface area is 162 Å². The average Bonchev–Trinajstić information content (AvgIpc) is 3.27. The Morgan fingerprint density at radius 1 is 1.22 bits per heavy atom. The van der Waals surface area contributed by atoms with E-state index in [4.69, 9.17) is 4.74 Å². The van der Waals surface area contributed by atoms with Crippen LogP contribution in [0.2, 0.25) is 0 Å². The van der Waals surface area contributed by atoms with E-state index in [2.05, 4.69) is 20.9 Å². The molecule has 0 bridgehead atoms. The second-order valence-electron chi connectivity index (χ2n) is 6.47. The van der Waals surface area contributed by atoms with Crippen molar-refractivity contribution in [1.82, 2.24) is 15.6 Å². The van der Waals surface area contributed by atoms with E-state index >= 15 is 0 Å². The van der Waals surface area contributed by atoms with E-state index in [1.807, 2.05) is 13.8 Å². The number of nitrogens with zero attached hydrogens (tertiary/aromatic N) is 1. The Bertz CT molecular complexity index is 798. The van der Waals surface area contributed by atoms with E-state index in [9.17, 15) is 9.59 Å². The summed E-state index contributed by atoms with van der Waals surface area (Å²) in [6.45, 7) is 5.61. The number of thiazole rings is 1. The second kappa shape index (κ2) is 8.96. The van der Waals surface area contributed by atoms with E-state index in [0.717, 1.165) is 35.0 Å². The van der Waals surface area contributed by atoms with E-state index in [-0.39, 0.29) is 18.0 Å². The van der Waals surface area contributed by atoms with Crippen LogP contribution in [0.15, 0.2) is 24.3 Å². The number of aromatic nitrogens is 1. The Balaban J connectivity index is 1.45. The lowest BCUT2D eigenvalue weighted by Crippen LogP contribution is -2.31. The number of benzene rings is 1. The molecule has 1 aliphatic heterocycles. The molecule has 3 N–H and O–H groups in total. The van der Waals surface area contributed by atoms with Gasteiger partial charge in [0.2, 0.25) is 0 Å². The second-order valence-corrected chi connectivity index (χ2v) is 7.76. The first-order valence-corrected chi connectivity index (χ1v) is 9.80. The zero-order valence-corrected chi connectivity index (χ0v) is 16.3. The third-order valence-corrected chi connectivity index (χ3v) is 5.40. The zero-order chi connectivity index (χ0) is 19.2. The SMILES string of the molecule is Cc1nc(C)c(CNC(=O)Nc2ccc(C(=O)NC[C@@H]3CCCO3)cc2)s1. The molecule has 7 nitrogen and oxygen atoms in total. The number of urea groups is 1. The molecular weight excluding hydrogens is 364 g/mol. The number of anilines is 1. The van der Waals surface area contributed by atoms with Crippen molar-refractivity contribution in [2.45, 2.75) is 39.3 Å². The standard InChI is InChI=1S/C19H24N4O3S/c1-12-17(27-13(2)22-12)11-21-19(25)23-15-7-5-14(6-8-15)18(24)20-10-16-4-3-9-26-16/h5-8,16H,3-4,9-11H2,1-2H3,(H,20,24)(H2,21,23,25)/t16-/m0/s1. The molecule has 1 saturated heterocycles. The Morgan fingerprint density at radius 2 is 2.00 bits per heavy atom. The molecule has 3 amide bonds. The molecule has 3 rings (SSSR count). The zero-order valence-electron chi connectivity index (χ0n) is 15.5. The largest absolute Gasteiger partial charge is 0.376 e. The average molecular weight is 388 g/mol. The Hall–Kier alpha value is -2.45. The fourth-order valence-electron chi connectivity index (χ4n) is 2.89. The lowest BCUT2D eigenvalue weighted by molar-refractivity contribution is 0.0858. The molecule has 8 heteroatoms. The Kier molecular flexibility index (Phi) is 6.41. The Morgan fingerprint density at radius 3 is 2.63 bits per heavy atom. The number of hydrogen-bond acceptors (Lipinski definition) is 5. The molecule has 27 heavy (non-hydrogen) atoms. The molecule has 0 radical (unpaired) electrons. The van der Waals surface area contributed by atoms with Crippen LogP contribution in [0.4, 0.5) is 10.5 Å². The van der Waals surface area contributed by atoms with E-state index < -0.39 is 0 Å². The number of hydrogen-bond donors (Lipinski definition) is 3. The van der Waals surface area contributed by atoms with Gasteiger partial charge in [0.15, 0.2) is 0 Å². The molecule has 1 aromatic carbocycles. The predicted octanol–water partition coefficient (Wildman–Crippen LogP) is 2.99. The van der Waals surface area contributed by atoms with Crippen LogP contribution in [0, 0.1) is 13.8 Å². The summed E-state index contributed by atoms with van der Waals surface area (Å²) in [4.78, 5) is 29.6. The topological polar surface area (TPSA) is 92.4 Å². The summed E-state index contributed by atoms with van der Waals surface area (Å²) in [5, 5.41) is 9.44. The van der Waals surface area contributed by atoms with Crippen LogP contribution in [0.5, 0.6) is 0 Å². The van der Waals surface area contributed by atoms with Crippen LogP contribution < -0.4 is 16.0 Å². The summed E-state index contributed by atoms with van der Waals surface area (Å²) in [5.41, 5.74) is 2.12. The summed E-state index contributed by atoms with van der Waals surface area (Å²) in [6.07, 6.45) is 2.15. The molecule has 1 aromatic heterocycles. The summed E-state index contributed by atoms with van der Waals surface area (Å²) in [6, 6.07) is 6.51. The van der Waals surface area contributed by atoms with Gasteiger partial charge in [-0.3, -0.25) is 4.79 Å². The lowest BCUT2D eigenvalue weighted by atomic mass is 10.2. The molecule has 1 fully saturated rings. The van der Waals surface area contributed by atoms with Crippen molar-refractivity contribution in [2.24, 2.45) is 0 Å². The predicted molar refractivity (Wildman–Crippen MR) is 105 cm³/mol. The minimum atomic E-state index is -0.295. The fraction of sp³-hybridized carbons (Fsp3) is 0.421.